The highest BCUT2D eigenvalue weighted by Crippen LogP contribution is 2.23. The Morgan fingerprint density at radius 3 is 2.92 bits per heavy atom. The van der Waals surface area contributed by atoms with Crippen LogP contribution in [0.1, 0.15) is 29.4 Å². The molecule has 1 saturated heterocycles. The van der Waals surface area contributed by atoms with Gasteiger partial charge in [-0.25, -0.2) is 9.07 Å². The number of carbonyl (C=O) groups excluding carboxylic acids is 1. The number of carbonyl (C=O) groups is 1. The number of likely N-dealkylation sites (tertiary alicyclic amines) is 1. The predicted octanol–water partition coefficient (Wildman–Crippen LogP) is 1.70. The first kappa shape index (κ1) is 18.4. The maximum atomic E-state index is 13.2. The molecular weight excluding hydrogens is 333 g/mol. The third-order valence-corrected chi connectivity index (χ3v) is 4.25. The van der Waals surface area contributed by atoms with Crippen LogP contribution in [-0.2, 0) is 6.54 Å². The molecule has 2 aromatic rings. The summed E-state index contributed by atoms with van der Waals surface area (Å²) < 4.78 is 14.7. The summed E-state index contributed by atoms with van der Waals surface area (Å²) in [5.74, 6) is -0.0761. The Hall–Kier alpha value is -1.99. The molecule has 0 radical (unpaired) electrons. The maximum absolute atomic E-state index is 13.2. The van der Waals surface area contributed by atoms with E-state index in [9.17, 15) is 9.18 Å². The Balaban J connectivity index is 0.00000208. The van der Waals surface area contributed by atoms with Crippen LogP contribution in [0.2, 0.25) is 0 Å². The topological polar surface area (TPSA) is 77.0 Å². The number of hydrogen-bond acceptors (Lipinski definition) is 4. The molecule has 2 unspecified atom stereocenters. The fourth-order valence-corrected chi connectivity index (χ4v) is 3.04. The Morgan fingerprint density at radius 1 is 1.46 bits per heavy atom. The minimum absolute atomic E-state index is 0. The Bertz CT molecular complexity index is 707. The lowest BCUT2D eigenvalue weighted by Gasteiger charge is -2.19. The summed E-state index contributed by atoms with van der Waals surface area (Å²) in [6, 6.07) is 6.44. The average molecular weight is 354 g/mol. The number of amides is 1. The standard InChI is InChI=1S/C16H20FN5O.ClH/c1-11-5-13(7-18)9-22(11)16(23)15-10-21(20-19-15)8-12-3-2-4-14(17)6-12;/h2-4,6,10-11,13H,5,7-9,18H2,1H3;1H. The zero-order valence-electron chi connectivity index (χ0n) is 13.4. The number of rotatable bonds is 4. The van der Waals surface area contributed by atoms with Crippen molar-refractivity contribution < 1.29 is 9.18 Å². The van der Waals surface area contributed by atoms with Gasteiger partial charge in [0, 0.05) is 12.6 Å². The van der Waals surface area contributed by atoms with Gasteiger partial charge < -0.3 is 10.6 Å². The minimum Gasteiger partial charge on any atom is -0.334 e. The Kier molecular flexibility index (Phi) is 5.90. The lowest BCUT2D eigenvalue weighted by molar-refractivity contribution is 0.0737. The lowest BCUT2D eigenvalue weighted by Crippen LogP contribution is -2.34. The van der Waals surface area contributed by atoms with Crippen LogP contribution in [0, 0.1) is 11.7 Å². The van der Waals surface area contributed by atoms with Crippen LogP contribution in [0.4, 0.5) is 4.39 Å². The molecule has 130 valence electrons. The van der Waals surface area contributed by atoms with Crippen LogP contribution >= 0.6 is 12.4 Å². The number of nitrogens with zero attached hydrogens (tertiary/aromatic N) is 4. The Labute approximate surface area is 146 Å². The van der Waals surface area contributed by atoms with Gasteiger partial charge >= 0.3 is 0 Å². The zero-order valence-corrected chi connectivity index (χ0v) is 14.2. The number of aromatic nitrogens is 3. The second-order valence-electron chi connectivity index (χ2n) is 6.08. The highest BCUT2D eigenvalue weighted by Gasteiger charge is 2.33. The molecule has 0 aliphatic carbocycles. The van der Waals surface area contributed by atoms with Crippen molar-refractivity contribution in [2.24, 2.45) is 11.7 Å². The average Bonchev–Trinajstić information content (AvgIpc) is 3.13. The predicted molar refractivity (Wildman–Crippen MR) is 90.4 cm³/mol. The van der Waals surface area contributed by atoms with Crippen LogP contribution in [0.3, 0.4) is 0 Å². The third kappa shape index (κ3) is 3.91. The molecule has 1 fully saturated rings. The minimum atomic E-state index is -0.294. The van der Waals surface area contributed by atoms with Crippen molar-refractivity contribution in [3.63, 3.8) is 0 Å². The summed E-state index contributed by atoms with van der Waals surface area (Å²) in [6.07, 6.45) is 2.52. The van der Waals surface area contributed by atoms with E-state index in [0.717, 1.165) is 12.0 Å². The summed E-state index contributed by atoms with van der Waals surface area (Å²) in [5, 5.41) is 7.93. The molecule has 1 aromatic heterocycles. The molecule has 1 amide bonds. The molecule has 2 atom stereocenters. The second kappa shape index (κ2) is 7.72. The molecule has 2 N–H and O–H groups in total. The molecule has 6 nitrogen and oxygen atoms in total. The van der Waals surface area contributed by atoms with Crippen molar-refractivity contribution in [1.82, 2.24) is 19.9 Å². The van der Waals surface area contributed by atoms with E-state index < -0.39 is 0 Å². The van der Waals surface area contributed by atoms with Gasteiger partial charge in [-0.2, -0.15) is 0 Å². The quantitative estimate of drug-likeness (QED) is 0.907. The summed E-state index contributed by atoms with van der Waals surface area (Å²) in [4.78, 5) is 14.3. The van der Waals surface area contributed by atoms with Gasteiger partial charge in [0.2, 0.25) is 0 Å². The number of halogens is 2. The lowest BCUT2D eigenvalue weighted by atomic mass is 10.1. The van der Waals surface area contributed by atoms with E-state index in [-0.39, 0.29) is 30.2 Å². The molecule has 3 rings (SSSR count). The van der Waals surface area contributed by atoms with Gasteiger partial charge in [0.25, 0.3) is 5.91 Å². The molecule has 1 aliphatic heterocycles. The smallest absolute Gasteiger partial charge is 0.276 e. The first-order valence-corrected chi connectivity index (χ1v) is 7.72. The molecular formula is C16H21ClFN5O. The molecule has 24 heavy (non-hydrogen) atoms. The van der Waals surface area contributed by atoms with Gasteiger partial charge in [-0.15, -0.1) is 17.5 Å². The molecule has 0 saturated carbocycles. The normalized spacial score (nSPS) is 20.0. The summed E-state index contributed by atoms with van der Waals surface area (Å²) in [6.45, 7) is 3.64. The SMILES string of the molecule is CC1CC(CN)CN1C(=O)c1cn(Cc2cccc(F)c2)nn1.Cl. The van der Waals surface area contributed by atoms with E-state index >= 15 is 0 Å². The van der Waals surface area contributed by atoms with Crippen molar-refractivity contribution in [3.05, 3.63) is 47.5 Å². The van der Waals surface area contributed by atoms with Gasteiger partial charge in [0.1, 0.15) is 5.82 Å². The summed E-state index contributed by atoms with van der Waals surface area (Å²) in [7, 11) is 0. The van der Waals surface area contributed by atoms with Crippen LogP contribution in [0.15, 0.2) is 30.5 Å². The molecule has 8 heteroatoms. The van der Waals surface area contributed by atoms with Crippen molar-refractivity contribution in [2.45, 2.75) is 25.9 Å². The van der Waals surface area contributed by atoms with Gasteiger partial charge in [0.15, 0.2) is 5.69 Å². The fraction of sp³-hybridized carbons (Fsp3) is 0.438. The molecule has 0 spiro atoms. The molecule has 2 heterocycles. The van der Waals surface area contributed by atoms with Crippen molar-refractivity contribution in [1.29, 1.82) is 0 Å². The zero-order chi connectivity index (χ0) is 16.4. The fourth-order valence-electron chi connectivity index (χ4n) is 3.04. The van der Waals surface area contributed by atoms with Crippen molar-refractivity contribution in [2.75, 3.05) is 13.1 Å². The third-order valence-electron chi connectivity index (χ3n) is 4.25. The number of nitrogens with two attached hydrogens (primary N) is 1. The number of benzene rings is 1. The van der Waals surface area contributed by atoms with Crippen LogP contribution < -0.4 is 5.73 Å². The van der Waals surface area contributed by atoms with Crippen LogP contribution in [-0.4, -0.2) is 44.9 Å². The van der Waals surface area contributed by atoms with Crippen LogP contribution in [0.25, 0.3) is 0 Å². The second-order valence-corrected chi connectivity index (χ2v) is 6.08. The maximum Gasteiger partial charge on any atom is 0.276 e. The number of hydrogen-bond donors (Lipinski definition) is 1. The van der Waals surface area contributed by atoms with Crippen molar-refractivity contribution >= 4 is 18.3 Å². The van der Waals surface area contributed by atoms with Crippen molar-refractivity contribution in [3.8, 4) is 0 Å². The van der Waals surface area contributed by atoms with Gasteiger partial charge in [0.05, 0.1) is 12.7 Å². The van der Waals surface area contributed by atoms with E-state index in [1.54, 1.807) is 27.9 Å². The Morgan fingerprint density at radius 2 is 2.25 bits per heavy atom. The largest absolute Gasteiger partial charge is 0.334 e. The molecule has 1 aromatic carbocycles. The van der Waals surface area contributed by atoms with Gasteiger partial charge in [-0.1, -0.05) is 17.3 Å². The highest BCUT2D eigenvalue weighted by molar-refractivity contribution is 5.92. The van der Waals surface area contributed by atoms with E-state index in [4.69, 9.17) is 5.73 Å². The molecule has 0 bridgehead atoms. The van der Waals surface area contributed by atoms with E-state index in [1.165, 1.54) is 12.1 Å². The summed E-state index contributed by atoms with van der Waals surface area (Å²) in [5.41, 5.74) is 6.78. The first-order valence-electron chi connectivity index (χ1n) is 7.72. The monoisotopic (exact) mass is 353 g/mol. The van der Waals surface area contributed by atoms with Crippen LogP contribution in [0.5, 0.6) is 0 Å². The van der Waals surface area contributed by atoms with E-state index in [2.05, 4.69) is 10.3 Å². The van der Waals surface area contributed by atoms with Gasteiger partial charge in [-0.05, 0) is 43.5 Å². The van der Waals surface area contributed by atoms with E-state index in [0.29, 0.717) is 31.2 Å². The van der Waals surface area contributed by atoms with E-state index in [1.807, 2.05) is 6.92 Å². The highest BCUT2D eigenvalue weighted by atomic mass is 35.5. The first-order chi connectivity index (χ1) is 11.1. The van der Waals surface area contributed by atoms with Gasteiger partial charge in [-0.3, -0.25) is 4.79 Å². The summed E-state index contributed by atoms with van der Waals surface area (Å²) >= 11 is 0. The molecule has 1 aliphatic rings.